The zero-order valence-electron chi connectivity index (χ0n) is 80.6. The Kier molecular flexibility index (Phi) is 30.3. The summed E-state index contributed by atoms with van der Waals surface area (Å²) in [7, 11) is 1.58. The van der Waals surface area contributed by atoms with Gasteiger partial charge in [0.05, 0.1) is 42.6 Å². The van der Waals surface area contributed by atoms with Gasteiger partial charge < -0.3 is 30.9 Å². The van der Waals surface area contributed by atoms with Gasteiger partial charge >= 0.3 is 5.97 Å². The summed E-state index contributed by atoms with van der Waals surface area (Å²) >= 11 is 18.3. The van der Waals surface area contributed by atoms with E-state index in [1.54, 1.807) is 90.8 Å². The molecule has 3 aliphatic rings. The quantitative estimate of drug-likeness (QED) is 0.0272. The van der Waals surface area contributed by atoms with Gasteiger partial charge in [0.1, 0.15) is 37.1 Å². The first-order valence-corrected chi connectivity index (χ1v) is 47.4. The van der Waals surface area contributed by atoms with Crippen molar-refractivity contribution >= 4 is 112 Å². The number of hydrogen-bond donors (Lipinski definition) is 3. The number of carboxylic acids is 1. The molecule has 3 atom stereocenters. The largest absolute Gasteiger partial charge is 0.478 e. The summed E-state index contributed by atoms with van der Waals surface area (Å²) < 4.78 is 49.8. The van der Waals surface area contributed by atoms with Gasteiger partial charge in [-0.1, -0.05) is 227 Å². The number of nitro groups is 1. The third-order valence-corrected chi connectivity index (χ3v) is 26.9. The number of carboxylic acid groups (broad SMARTS) is 1. The van der Waals surface area contributed by atoms with Crippen LogP contribution >= 0.6 is 34.8 Å². The molecule has 15 aromatic rings. The summed E-state index contributed by atoms with van der Waals surface area (Å²) in [4.78, 5) is 136. The second kappa shape index (κ2) is 43.2. The van der Waals surface area contributed by atoms with Crippen molar-refractivity contribution < 1.29 is 66.4 Å². The maximum atomic E-state index is 15.4. The first-order valence-electron chi connectivity index (χ1n) is 46.3. The van der Waals surface area contributed by atoms with Gasteiger partial charge in [0, 0.05) is 120 Å². The number of halogens is 6. The minimum Gasteiger partial charge on any atom is -0.478 e. The van der Waals surface area contributed by atoms with E-state index >= 15 is 13.2 Å². The molecule has 3 aromatic heterocycles. The Morgan fingerprint density at radius 1 is 0.422 bits per heavy atom. The van der Waals surface area contributed by atoms with Gasteiger partial charge in [-0.3, -0.25) is 48.5 Å². The Morgan fingerprint density at radius 3 is 0.993 bits per heavy atom. The van der Waals surface area contributed by atoms with Crippen molar-refractivity contribution in [2.45, 2.75) is 109 Å². The Balaban J connectivity index is 0.000000158. The van der Waals surface area contributed by atoms with Crippen LogP contribution in [0.25, 0.3) is 68.7 Å². The van der Waals surface area contributed by atoms with Crippen LogP contribution in [-0.2, 0) is 64.3 Å². The SMILES string of the molecule is CC1(C)CN(C(=O)C=Cc2c(-n3cnnn3)ccc(Cl)c2F)C(C(=O)Cc2ccc(C(=O)O)cc2)c2cccc(-c3ccc(C(N)=O)cc3)c21.CNC(=O)c1ccc(-c2cccc3c2C(C)(C)CN(C(=O)C=Cc2c(-n4cnnn4)ccc(Cl)c2F)C3C(=O)Cc2ccc(C)cc2)cc1.Cc1ccc(CC(=O)C2c3cccc(-c4ccc([N+](=O)[O-])cc4)c3C(C)(C)CN2C(=O)C=Cc2c(-n3cnnn3)ccc(Cl)c2F)cc1. The predicted octanol–water partition coefficient (Wildman–Crippen LogP) is 19.1. The number of rotatable bonds is 25. The lowest BCUT2D eigenvalue weighted by molar-refractivity contribution is -0.384. The van der Waals surface area contributed by atoms with Gasteiger partial charge in [-0.05, 0) is 232 Å². The highest BCUT2D eigenvalue weighted by atomic mass is 35.5. The fraction of sp³-hybridized carbons (Fsp3) is 0.189. The van der Waals surface area contributed by atoms with Crippen LogP contribution in [0.4, 0.5) is 18.9 Å². The van der Waals surface area contributed by atoms with Crippen LogP contribution in [-0.4, -0.2) is 165 Å². The van der Waals surface area contributed by atoms with E-state index in [-0.39, 0.29) is 117 Å². The summed E-state index contributed by atoms with van der Waals surface area (Å²) in [6, 6.07) is 64.5. The van der Waals surface area contributed by atoms with Gasteiger partial charge in [0.2, 0.25) is 23.6 Å². The standard InChI is InChI=1S/C38H34ClFN6O3.C37H30ClFN6O5.C36H30ClFN6O4/c1-23-8-10-24(11-9-23)20-32(47)36-29-7-5-6-27(25-12-14-26(15-13-25)37(49)41-4)34(29)38(2,3)21-45(36)33(48)19-16-28-31(46-22-42-43-44-46)18-17-30(39)35(28)40;1-37(2)19-44(31(47)17-14-26-29(45-20-41-42-43-45)16-15-28(38)33(26)39)34(30(46)18-21-6-8-24(9-7-21)36(49)50)27-5-3-4-25(32(27)37)22-10-12-23(13-11-22)35(40)48;1-22-7-9-23(10-8-22)19-31(45)35-28-6-4-5-26(24-11-13-25(14-12-24)44(47)48)33(28)36(2,3)20-42(35)32(46)18-15-27-30(43-21-39-40-41-43)17-16-29(37)34(27)38/h5-19,22,36H,20-21H2,1-4H3,(H,41,49);3-17,20,34H,18-19H2,1-2H3,(H2,40,48)(H,49,50);4-18,21,35H,19-20H2,1-3H3. The number of ketones is 3. The van der Waals surface area contributed by atoms with Crippen molar-refractivity contribution in [2.75, 3.05) is 26.7 Å². The molecule has 0 fully saturated rings. The van der Waals surface area contributed by atoms with E-state index in [0.29, 0.717) is 39.1 Å². The van der Waals surface area contributed by atoms with Crippen LogP contribution in [0, 0.1) is 41.4 Å². The minimum absolute atomic E-state index is 0.00260. The molecule has 36 heteroatoms. The van der Waals surface area contributed by atoms with Crippen LogP contribution in [0.15, 0.2) is 274 Å². The molecule has 0 saturated heterocycles. The fourth-order valence-electron chi connectivity index (χ4n) is 19.2. The highest BCUT2D eigenvalue weighted by Gasteiger charge is 2.48. The monoisotopic (exact) mass is 2030 g/mol. The van der Waals surface area contributed by atoms with Crippen LogP contribution in [0.2, 0.25) is 15.1 Å². The number of hydrogen-bond acceptors (Lipinski definition) is 20. The second-order valence-corrected chi connectivity index (χ2v) is 38.7. The number of primary amides is 1. The lowest BCUT2D eigenvalue weighted by atomic mass is 9.71. The summed E-state index contributed by atoms with van der Waals surface area (Å²) in [5.74, 6) is -6.28. The number of carbonyl (C=O) groups is 9. The van der Waals surface area contributed by atoms with Crippen molar-refractivity contribution in [1.82, 2.24) is 80.6 Å². The summed E-state index contributed by atoms with van der Waals surface area (Å²) in [5.41, 5.74) is 19.2. The fourth-order valence-corrected chi connectivity index (χ4v) is 19.7. The number of tetrazole rings is 3. The van der Waals surface area contributed by atoms with Crippen LogP contribution in [0.5, 0.6) is 0 Å². The number of benzene rings is 12. The number of aromatic carboxylic acids is 1. The summed E-state index contributed by atoms with van der Waals surface area (Å²) in [6.45, 7) is 16.4. The number of carbonyl (C=O) groups excluding carboxylic acids is 8. The van der Waals surface area contributed by atoms with E-state index in [4.69, 9.17) is 40.5 Å². The molecule has 3 unspecified atom stereocenters. The van der Waals surface area contributed by atoms with E-state index in [1.807, 2.05) is 165 Å². The number of aromatic nitrogens is 12. The van der Waals surface area contributed by atoms with Crippen molar-refractivity contribution in [3.63, 3.8) is 0 Å². The van der Waals surface area contributed by atoms with Gasteiger partial charge in [0.25, 0.3) is 11.6 Å². The first-order chi connectivity index (χ1) is 70.3. The Hall–Kier alpha value is -17.0. The predicted molar refractivity (Wildman–Crippen MR) is 548 cm³/mol. The summed E-state index contributed by atoms with van der Waals surface area (Å²) in [5, 5.41) is 56.1. The number of nitrogens with one attached hydrogen (secondary N) is 1. The van der Waals surface area contributed by atoms with Crippen molar-refractivity contribution in [3.8, 4) is 50.4 Å². The van der Waals surface area contributed by atoms with E-state index in [2.05, 4.69) is 51.9 Å². The highest BCUT2D eigenvalue weighted by molar-refractivity contribution is 6.31. The topological polar surface area (TPSA) is 396 Å². The number of aryl methyl sites for hydroxylation is 2. The van der Waals surface area contributed by atoms with Crippen LogP contribution < -0.4 is 11.1 Å². The highest BCUT2D eigenvalue weighted by Crippen LogP contribution is 2.50. The van der Waals surface area contributed by atoms with E-state index < -0.39 is 86.3 Å². The third-order valence-electron chi connectivity index (χ3n) is 26.0. The average Bonchev–Trinajstić information content (AvgIpc) is 1.06. The molecular formula is C111H94Cl3F3N18O12. The number of nitrogens with two attached hydrogens (primary N) is 1. The van der Waals surface area contributed by atoms with Crippen LogP contribution in [0.3, 0.4) is 0 Å². The smallest absolute Gasteiger partial charge is 0.335 e. The average molecular weight is 2040 g/mol. The molecular weight excluding hydrogens is 1940 g/mol. The molecule has 6 heterocycles. The van der Waals surface area contributed by atoms with Gasteiger partial charge in [-0.2, -0.15) is 14.0 Å². The number of non-ortho nitro benzene ring substituents is 1. The molecule has 742 valence electrons. The molecule has 18 rings (SSSR count). The van der Waals surface area contributed by atoms with E-state index in [9.17, 15) is 58.4 Å². The lowest BCUT2D eigenvalue weighted by Crippen LogP contribution is -2.50. The molecule has 0 aliphatic carbocycles. The van der Waals surface area contributed by atoms with Crippen molar-refractivity contribution in [2.24, 2.45) is 5.73 Å². The summed E-state index contributed by atoms with van der Waals surface area (Å²) in [6.07, 6.45) is 11.6. The molecule has 147 heavy (non-hydrogen) atoms. The molecule has 0 spiro atoms. The van der Waals surface area contributed by atoms with E-state index in [0.717, 1.165) is 72.3 Å². The Morgan fingerprint density at radius 2 is 0.714 bits per heavy atom. The van der Waals surface area contributed by atoms with E-state index in [1.165, 1.54) is 128 Å². The molecule has 30 nitrogen and oxygen atoms in total. The molecule has 5 amide bonds. The van der Waals surface area contributed by atoms with Gasteiger partial charge in [-0.15, -0.1) is 15.3 Å². The number of fused-ring (bicyclic) bond motifs is 3. The Labute approximate surface area is 856 Å². The normalized spacial score (nSPS) is 15.2. The molecule has 0 radical (unpaired) electrons. The van der Waals surface area contributed by atoms with Gasteiger partial charge in [0.15, 0.2) is 34.8 Å². The second-order valence-electron chi connectivity index (χ2n) is 37.5. The maximum Gasteiger partial charge on any atom is 0.335 e. The maximum absolute atomic E-state index is 15.4. The zero-order chi connectivity index (χ0) is 105. The first kappa shape index (κ1) is 103. The third kappa shape index (κ3) is 22.1. The lowest BCUT2D eigenvalue weighted by Gasteiger charge is -2.45. The van der Waals surface area contributed by atoms with Crippen LogP contribution in [0.1, 0.15) is 169 Å². The number of nitrogens with zero attached hydrogens (tertiary/aromatic N) is 16. The number of Topliss-reactive ketones (excluding diaryl/α,β-unsaturated/α-hetero) is 3. The minimum atomic E-state index is -1.09. The number of nitro benzene ring substituents is 1. The Bertz CT molecular complexity index is 7740. The molecule has 12 aromatic carbocycles. The zero-order valence-corrected chi connectivity index (χ0v) is 82.9. The number of amides is 5. The molecule has 3 aliphatic heterocycles. The molecule has 0 bridgehead atoms. The van der Waals surface area contributed by atoms with Gasteiger partial charge in [-0.25, -0.2) is 18.0 Å². The van der Waals surface area contributed by atoms with Crippen molar-refractivity contribution in [1.29, 1.82) is 0 Å². The molecule has 4 N–H and O–H groups in total. The molecule has 0 saturated carbocycles. The van der Waals surface area contributed by atoms with Crippen molar-refractivity contribution in [3.05, 3.63) is 411 Å².